The zero-order chi connectivity index (χ0) is 23.3. The van der Waals surface area contributed by atoms with E-state index in [0.29, 0.717) is 17.4 Å². The second-order valence-electron chi connectivity index (χ2n) is 7.05. The molecule has 0 amide bonds. The van der Waals surface area contributed by atoms with Gasteiger partial charge < -0.3 is 10.2 Å². The summed E-state index contributed by atoms with van der Waals surface area (Å²) in [5.41, 5.74) is 0.816. The van der Waals surface area contributed by atoms with Gasteiger partial charge in [-0.05, 0) is 41.8 Å². The van der Waals surface area contributed by atoms with Gasteiger partial charge in [-0.2, -0.15) is 13.2 Å². The Morgan fingerprint density at radius 3 is 2.38 bits per heavy atom. The summed E-state index contributed by atoms with van der Waals surface area (Å²) in [5.74, 6) is 0. The van der Waals surface area contributed by atoms with Gasteiger partial charge in [-0.25, -0.2) is 18.5 Å². The lowest BCUT2D eigenvalue weighted by Gasteiger charge is -2.08. The van der Waals surface area contributed by atoms with Crippen LogP contribution in [-0.2, 0) is 22.6 Å². The number of alkyl halides is 3. The van der Waals surface area contributed by atoms with Crippen LogP contribution in [0.15, 0.2) is 58.9 Å². The van der Waals surface area contributed by atoms with Crippen molar-refractivity contribution in [3.05, 3.63) is 76.4 Å². The Kier molecular flexibility index (Phi) is 5.59. The van der Waals surface area contributed by atoms with E-state index in [1.54, 1.807) is 18.3 Å². The van der Waals surface area contributed by atoms with Gasteiger partial charge in [0, 0.05) is 17.0 Å². The zero-order valence-electron chi connectivity index (χ0n) is 16.1. The highest BCUT2D eigenvalue weighted by molar-refractivity contribution is 7.89. The van der Waals surface area contributed by atoms with Crippen molar-refractivity contribution in [1.82, 2.24) is 9.55 Å². The van der Waals surface area contributed by atoms with Crippen LogP contribution < -0.4 is 5.14 Å². The number of aliphatic hydroxyl groups excluding tert-OH is 1. The van der Waals surface area contributed by atoms with Gasteiger partial charge in [0.15, 0.2) is 11.4 Å². The molecule has 168 valence electrons. The second-order valence-corrected chi connectivity index (χ2v) is 9.45. The third-order valence-electron chi connectivity index (χ3n) is 4.84. The maximum Gasteiger partial charge on any atom is 0.416 e. The minimum Gasteiger partial charge on any atom is -0.363 e. The molecule has 4 rings (SSSR count). The summed E-state index contributed by atoms with van der Waals surface area (Å²) in [5, 5.41) is 26.0. The average molecular weight is 483 g/mol. The minimum atomic E-state index is -4.54. The highest BCUT2D eigenvalue weighted by Crippen LogP contribution is 2.35. The van der Waals surface area contributed by atoms with Crippen LogP contribution in [0.3, 0.4) is 0 Å². The number of primary sulfonamides is 1. The van der Waals surface area contributed by atoms with E-state index in [2.05, 4.69) is 4.98 Å². The summed E-state index contributed by atoms with van der Waals surface area (Å²) >= 11 is 1.05. The van der Waals surface area contributed by atoms with Crippen molar-refractivity contribution < 1.29 is 31.8 Å². The fourth-order valence-corrected chi connectivity index (χ4v) is 4.63. The molecule has 2 heterocycles. The molecule has 0 fully saturated rings. The van der Waals surface area contributed by atoms with Crippen LogP contribution >= 0.6 is 11.3 Å². The molecule has 0 spiro atoms. The van der Waals surface area contributed by atoms with Gasteiger partial charge in [-0.15, -0.1) is 11.3 Å². The number of rotatable bonds is 5. The van der Waals surface area contributed by atoms with Crippen LogP contribution in [0.5, 0.6) is 0 Å². The predicted molar refractivity (Wildman–Crippen MR) is 112 cm³/mol. The number of fused-ring (bicyclic) bond motifs is 1. The summed E-state index contributed by atoms with van der Waals surface area (Å²) in [6.07, 6.45) is -4.40. The molecule has 0 bridgehead atoms. The molecule has 0 aliphatic heterocycles. The van der Waals surface area contributed by atoms with Crippen LogP contribution in [0.1, 0.15) is 28.7 Å². The lowest BCUT2D eigenvalue weighted by atomic mass is 10.0. The highest BCUT2D eigenvalue weighted by atomic mass is 32.2. The predicted octanol–water partition coefficient (Wildman–Crippen LogP) is 3.33. The third-order valence-corrected chi connectivity index (χ3v) is 6.63. The van der Waals surface area contributed by atoms with Crippen LogP contribution in [0.2, 0.25) is 0 Å². The third kappa shape index (κ3) is 4.40. The number of benzene rings is 2. The fraction of sp³-hybridized carbons (Fsp3) is 0.150. The molecule has 32 heavy (non-hydrogen) atoms. The summed E-state index contributed by atoms with van der Waals surface area (Å²) in [6.45, 7) is 0. The topological polar surface area (TPSA) is 118 Å². The summed E-state index contributed by atoms with van der Waals surface area (Å²) in [7, 11) is -3.84. The van der Waals surface area contributed by atoms with Gasteiger partial charge in [-0.3, -0.25) is 4.57 Å². The first-order valence-electron chi connectivity index (χ1n) is 9.08. The minimum absolute atomic E-state index is 0.0149. The lowest BCUT2D eigenvalue weighted by molar-refractivity contribution is -0.137. The number of aromatic nitrogens is 2. The normalized spacial score (nSPS) is 12.7. The Balaban J connectivity index is 1.82. The van der Waals surface area contributed by atoms with Gasteiger partial charge in [0.25, 0.3) is 0 Å². The molecule has 0 radical (unpaired) electrons. The van der Waals surface area contributed by atoms with E-state index in [0.717, 1.165) is 29.0 Å². The van der Waals surface area contributed by atoms with E-state index < -0.39 is 28.1 Å². The molecule has 12 heteroatoms. The standard InChI is InChI=1S/C20H16F3N3O4S2/c21-20(22,23)13-3-6-15-12(7-11-1-4-14(5-2-11)32(24,29)30)9-26(17(15)8-13)19-25-16(10-31-19)18(27)28/h1-6,8-10,18,27-28H,7H2,(H2,24,29,30). The zero-order valence-corrected chi connectivity index (χ0v) is 17.7. The van der Waals surface area contributed by atoms with Gasteiger partial charge in [0.1, 0.15) is 5.69 Å². The lowest BCUT2D eigenvalue weighted by Crippen LogP contribution is -2.11. The Hall–Kier alpha value is -2.77. The van der Waals surface area contributed by atoms with E-state index in [4.69, 9.17) is 5.14 Å². The van der Waals surface area contributed by atoms with E-state index in [9.17, 15) is 31.8 Å². The summed E-state index contributed by atoms with van der Waals surface area (Å²) in [4.78, 5) is 4.06. The van der Waals surface area contributed by atoms with Gasteiger partial charge in [0.2, 0.25) is 10.0 Å². The van der Waals surface area contributed by atoms with Crippen molar-refractivity contribution in [2.75, 3.05) is 0 Å². The van der Waals surface area contributed by atoms with Crippen molar-refractivity contribution >= 4 is 32.3 Å². The molecule has 4 aromatic rings. The number of halogens is 3. The summed E-state index contributed by atoms with van der Waals surface area (Å²) < 4.78 is 64.3. The fourth-order valence-electron chi connectivity index (χ4n) is 3.30. The van der Waals surface area contributed by atoms with E-state index in [1.165, 1.54) is 28.1 Å². The molecule has 0 atom stereocenters. The molecule has 0 aliphatic carbocycles. The maximum absolute atomic E-state index is 13.3. The van der Waals surface area contributed by atoms with E-state index >= 15 is 0 Å². The number of thiazole rings is 1. The van der Waals surface area contributed by atoms with Crippen molar-refractivity contribution in [2.24, 2.45) is 5.14 Å². The van der Waals surface area contributed by atoms with Gasteiger partial charge in [-0.1, -0.05) is 18.2 Å². The van der Waals surface area contributed by atoms with Crippen molar-refractivity contribution in [3.63, 3.8) is 0 Å². The second kappa shape index (κ2) is 7.98. The van der Waals surface area contributed by atoms with E-state index in [1.807, 2.05) is 0 Å². The largest absolute Gasteiger partial charge is 0.416 e. The Morgan fingerprint density at radius 1 is 1.12 bits per heavy atom. The molecule has 2 aromatic carbocycles. The van der Waals surface area contributed by atoms with Crippen LogP contribution in [0.25, 0.3) is 16.0 Å². The number of hydrogen-bond donors (Lipinski definition) is 3. The molecular formula is C20H16F3N3O4S2. The molecule has 7 nitrogen and oxygen atoms in total. The molecule has 4 N–H and O–H groups in total. The van der Waals surface area contributed by atoms with Crippen molar-refractivity contribution in [3.8, 4) is 5.13 Å². The maximum atomic E-state index is 13.3. The first-order valence-corrected chi connectivity index (χ1v) is 11.5. The first kappa shape index (κ1) is 22.4. The molecule has 0 aliphatic rings. The van der Waals surface area contributed by atoms with Crippen molar-refractivity contribution in [1.29, 1.82) is 0 Å². The highest BCUT2D eigenvalue weighted by Gasteiger charge is 2.31. The number of hydrogen-bond acceptors (Lipinski definition) is 6. The number of nitrogens with zero attached hydrogens (tertiary/aromatic N) is 2. The first-order chi connectivity index (χ1) is 14.9. The number of aliphatic hydroxyl groups is 2. The molecule has 2 aromatic heterocycles. The average Bonchev–Trinajstić information content (AvgIpc) is 3.32. The monoisotopic (exact) mass is 483 g/mol. The Bertz CT molecular complexity index is 1390. The number of sulfonamides is 1. The van der Waals surface area contributed by atoms with E-state index in [-0.39, 0.29) is 21.2 Å². The molecule has 0 saturated heterocycles. The number of nitrogens with two attached hydrogens (primary N) is 1. The SMILES string of the molecule is NS(=O)(=O)c1ccc(Cc2cn(-c3nc(C(O)O)cs3)c3cc(C(F)(F)F)ccc23)cc1. The smallest absolute Gasteiger partial charge is 0.363 e. The van der Waals surface area contributed by atoms with Gasteiger partial charge >= 0.3 is 6.18 Å². The van der Waals surface area contributed by atoms with Crippen LogP contribution in [0.4, 0.5) is 13.2 Å². The molecule has 0 saturated carbocycles. The summed E-state index contributed by atoms with van der Waals surface area (Å²) in [6, 6.07) is 9.26. The Morgan fingerprint density at radius 2 is 1.81 bits per heavy atom. The van der Waals surface area contributed by atoms with Crippen molar-refractivity contribution in [2.45, 2.75) is 23.8 Å². The van der Waals surface area contributed by atoms with Crippen LogP contribution in [-0.4, -0.2) is 28.2 Å². The van der Waals surface area contributed by atoms with Crippen LogP contribution in [0, 0.1) is 0 Å². The Labute approximate surface area is 184 Å². The molecular weight excluding hydrogens is 467 g/mol. The molecule has 0 unspecified atom stereocenters. The van der Waals surface area contributed by atoms with Gasteiger partial charge in [0.05, 0.1) is 16.0 Å². The quantitative estimate of drug-likeness (QED) is 0.377.